The fraction of sp³-hybridized carbons (Fsp3) is 0.600. The maximum absolute atomic E-state index is 11.7. The molecule has 0 aromatic carbocycles. The Hall–Kier alpha value is -1.36. The molecule has 1 amide bonds. The molecule has 5 nitrogen and oxygen atoms in total. The second-order valence-corrected chi connectivity index (χ2v) is 3.98. The summed E-state index contributed by atoms with van der Waals surface area (Å²) in [7, 11) is 1.66. The zero-order valence-electron chi connectivity index (χ0n) is 8.59. The van der Waals surface area contributed by atoms with Gasteiger partial charge in [0.05, 0.1) is 6.10 Å². The van der Waals surface area contributed by atoms with Crippen LogP contribution in [0, 0.1) is 5.92 Å². The highest BCUT2D eigenvalue weighted by Gasteiger charge is 2.31. The molecule has 1 saturated carbocycles. The summed E-state index contributed by atoms with van der Waals surface area (Å²) in [6.07, 6.45) is 3.07. The largest absolute Gasteiger partial charge is 0.391 e. The van der Waals surface area contributed by atoms with Gasteiger partial charge in [-0.25, -0.2) is 0 Å². The Labute approximate surface area is 87.7 Å². The topological polar surface area (TPSA) is 66.6 Å². The number of rotatable bonds is 4. The Morgan fingerprint density at radius 1 is 1.80 bits per heavy atom. The molecule has 1 aromatic heterocycles. The van der Waals surface area contributed by atoms with Crippen LogP contribution >= 0.6 is 0 Å². The summed E-state index contributed by atoms with van der Waals surface area (Å²) in [6, 6.07) is 1.52. The van der Waals surface area contributed by atoms with E-state index in [1.807, 2.05) is 0 Å². The molecule has 82 valence electrons. The van der Waals surface area contributed by atoms with Crippen molar-refractivity contribution in [3.05, 3.63) is 18.0 Å². The fourth-order valence-corrected chi connectivity index (χ4v) is 1.51. The van der Waals surface area contributed by atoms with Crippen LogP contribution in [0.4, 0.5) is 0 Å². The van der Waals surface area contributed by atoms with Crippen LogP contribution in [0.5, 0.6) is 0 Å². The number of amides is 1. The third-order valence-electron chi connectivity index (χ3n) is 2.63. The summed E-state index contributed by atoms with van der Waals surface area (Å²) < 4.78 is 4.59. The monoisotopic (exact) mass is 210 g/mol. The van der Waals surface area contributed by atoms with E-state index in [2.05, 4.69) is 9.68 Å². The molecule has 1 heterocycles. The molecule has 1 aliphatic carbocycles. The zero-order valence-corrected chi connectivity index (χ0v) is 8.59. The Kier molecular flexibility index (Phi) is 2.73. The Bertz CT molecular complexity index is 332. The molecule has 1 N–H and O–H groups in total. The van der Waals surface area contributed by atoms with Gasteiger partial charge in [0.1, 0.15) is 6.26 Å². The van der Waals surface area contributed by atoms with Gasteiger partial charge in [0.15, 0.2) is 5.69 Å². The number of carbonyl (C=O) groups is 1. The van der Waals surface area contributed by atoms with Gasteiger partial charge in [-0.1, -0.05) is 5.16 Å². The van der Waals surface area contributed by atoms with Gasteiger partial charge in [-0.2, -0.15) is 0 Å². The summed E-state index contributed by atoms with van der Waals surface area (Å²) in [5.41, 5.74) is 0.278. The van der Waals surface area contributed by atoms with E-state index in [4.69, 9.17) is 0 Å². The number of aromatic nitrogens is 1. The van der Waals surface area contributed by atoms with Gasteiger partial charge in [-0.05, 0) is 18.8 Å². The minimum atomic E-state index is -0.411. The van der Waals surface area contributed by atoms with E-state index in [1.54, 1.807) is 7.05 Å². The van der Waals surface area contributed by atoms with Crippen LogP contribution < -0.4 is 0 Å². The predicted molar refractivity (Wildman–Crippen MR) is 52.2 cm³/mol. The summed E-state index contributed by atoms with van der Waals surface area (Å²) >= 11 is 0. The Balaban J connectivity index is 1.89. The molecule has 1 aliphatic rings. The average Bonchev–Trinajstić information content (AvgIpc) is 2.93. The first-order chi connectivity index (χ1) is 7.18. The van der Waals surface area contributed by atoms with Gasteiger partial charge in [0.25, 0.3) is 5.91 Å². The number of hydrogen-bond acceptors (Lipinski definition) is 4. The van der Waals surface area contributed by atoms with Crippen molar-refractivity contribution < 1.29 is 14.4 Å². The summed E-state index contributed by atoms with van der Waals surface area (Å²) in [6.45, 7) is 0.358. The molecule has 0 bridgehead atoms. The van der Waals surface area contributed by atoms with Gasteiger partial charge in [0, 0.05) is 19.7 Å². The molecular weight excluding hydrogens is 196 g/mol. The quantitative estimate of drug-likeness (QED) is 0.786. The molecule has 1 aromatic rings. The van der Waals surface area contributed by atoms with E-state index in [-0.39, 0.29) is 11.6 Å². The van der Waals surface area contributed by atoms with Gasteiger partial charge in [-0.15, -0.1) is 0 Å². The van der Waals surface area contributed by atoms with Crippen LogP contribution in [0.1, 0.15) is 23.3 Å². The van der Waals surface area contributed by atoms with Crippen molar-refractivity contribution in [1.82, 2.24) is 10.1 Å². The number of aliphatic hydroxyl groups is 1. The average molecular weight is 210 g/mol. The summed E-state index contributed by atoms with van der Waals surface area (Å²) in [5, 5.41) is 13.2. The smallest absolute Gasteiger partial charge is 0.275 e. The second kappa shape index (κ2) is 4.02. The normalized spacial score (nSPS) is 17.5. The van der Waals surface area contributed by atoms with Gasteiger partial charge >= 0.3 is 0 Å². The first-order valence-electron chi connectivity index (χ1n) is 5.02. The first kappa shape index (κ1) is 10.2. The lowest BCUT2D eigenvalue weighted by atomic mass is 10.2. The molecule has 1 unspecified atom stereocenters. The molecule has 0 radical (unpaired) electrons. The Morgan fingerprint density at radius 2 is 2.53 bits per heavy atom. The lowest BCUT2D eigenvalue weighted by molar-refractivity contribution is 0.0636. The van der Waals surface area contributed by atoms with Gasteiger partial charge < -0.3 is 14.5 Å². The van der Waals surface area contributed by atoms with Gasteiger partial charge in [-0.3, -0.25) is 4.79 Å². The van der Waals surface area contributed by atoms with Crippen molar-refractivity contribution in [2.24, 2.45) is 5.92 Å². The molecule has 0 saturated heterocycles. The van der Waals surface area contributed by atoms with E-state index < -0.39 is 6.10 Å². The molecule has 5 heteroatoms. The number of nitrogens with zero attached hydrogens (tertiary/aromatic N) is 2. The third-order valence-corrected chi connectivity index (χ3v) is 2.63. The first-order valence-corrected chi connectivity index (χ1v) is 5.02. The number of hydrogen-bond donors (Lipinski definition) is 1. The highest BCUT2D eigenvalue weighted by atomic mass is 16.5. The Morgan fingerprint density at radius 3 is 3.07 bits per heavy atom. The minimum Gasteiger partial charge on any atom is -0.391 e. The van der Waals surface area contributed by atoms with E-state index in [1.165, 1.54) is 17.2 Å². The predicted octanol–water partition coefficient (Wildman–Crippen LogP) is 0.518. The number of aliphatic hydroxyl groups excluding tert-OH is 1. The van der Waals surface area contributed by atoms with Crippen molar-refractivity contribution in [2.45, 2.75) is 18.9 Å². The van der Waals surface area contributed by atoms with E-state index >= 15 is 0 Å². The number of carbonyl (C=O) groups excluding carboxylic acids is 1. The maximum Gasteiger partial charge on any atom is 0.275 e. The van der Waals surface area contributed by atoms with Crippen molar-refractivity contribution in [3.63, 3.8) is 0 Å². The van der Waals surface area contributed by atoms with E-state index in [9.17, 15) is 9.90 Å². The van der Waals surface area contributed by atoms with Crippen LogP contribution in [0.25, 0.3) is 0 Å². The van der Waals surface area contributed by atoms with Crippen LogP contribution in [-0.4, -0.2) is 40.8 Å². The van der Waals surface area contributed by atoms with Crippen molar-refractivity contribution >= 4 is 5.91 Å². The molecule has 1 fully saturated rings. The van der Waals surface area contributed by atoms with Crippen LogP contribution in [-0.2, 0) is 0 Å². The lowest BCUT2D eigenvalue weighted by Crippen LogP contribution is -2.35. The zero-order chi connectivity index (χ0) is 10.8. The standard InChI is InChI=1S/C10H14N2O3/c1-12(6-9(13)7-2-3-7)10(14)8-4-5-15-11-8/h4-5,7,9,13H,2-3,6H2,1H3. The molecule has 1 atom stereocenters. The van der Waals surface area contributed by atoms with E-state index in [0.717, 1.165) is 12.8 Å². The molecule has 0 spiro atoms. The van der Waals surface area contributed by atoms with Crippen LogP contribution in [0.3, 0.4) is 0 Å². The lowest BCUT2D eigenvalue weighted by Gasteiger charge is -2.19. The molecule has 0 aliphatic heterocycles. The van der Waals surface area contributed by atoms with Crippen molar-refractivity contribution in [1.29, 1.82) is 0 Å². The van der Waals surface area contributed by atoms with Gasteiger partial charge in [0.2, 0.25) is 0 Å². The minimum absolute atomic E-state index is 0.219. The fourth-order valence-electron chi connectivity index (χ4n) is 1.51. The second-order valence-electron chi connectivity index (χ2n) is 3.98. The third kappa shape index (κ3) is 2.36. The summed E-state index contributed by atoms with van der Waals surface area (Å²) in [5.74, 6) is 0.154. The molecule has 2 rings (SSSR count). The maximum atomic E-state index is 11.7. The molecule has 15 heavy (non-hydrogen) atoms. The summed E-state index contributed by atoms with van der Waals surface area (Å²) in [4.78, 5) is 13.1. The van der Waals surface area contributed by atoms with E-state index in [0.29, 0.717) is 12.5 Å². The van der Waals surface area contributed by atoms with Crippen LogP contribution in [0.15, 0.2) is 16.9 Å². The number of likely N-dealkylation sites (N-methyl/N-ethyl adjacent to an activating group) is 1. The highest BCUT2D eigenvalue weighted by Crippen LogP contribution is 2.32. The molecular formula is C10H14N2O3. The van der Waals surface area contributed by atoms with Crippen LogP contribution in [0.2, 0.25) is 0 Å². The van der Waals surface area contributed by atoms with Crippen molar-refractivity contribution in [2.75, 3.05) is 13.6 Å². The highest BCUT2D eigenvalue weighted by molar-refractivity contribution is 5.91. The van der Waals surface area contributed by atoms with Crippen molar-refractivity contribution in [3.8, 4) is 0 Å². The SMILES string of the molecule is CN(CC(O)C1CC1)C(=O)c1ccon1.